The summed E-state index contributed by atoms with van der Waals surface area (Å²) in [5, 5.41) is 3.81. The quantitative estimate of drug-likeness (QED) is 0.851. The molecule has 1 saturated heterocycles. The Labute approximate surface area is 118 Å². The van der Waals surface area contributed by atoms with E-state index in [1.165, 1.54) is 18.2 Å². The Morgan fingerprint density at radius 1 is 1.47 bits per heavy atom. The summed E-state index contributed by atoms with van der Waals surface area (Å²) >= 11 is 1.99. The normalized spacial score (nSPS) is 33.8. The van der Waals surface area contributed by atoms with Gasteiger partial charge >= 0.3 is 0 Å². The molecule has 2 heterocycles. The zero-order chi connectivity index (χ0) is 13.5. The van der Waals surface area contributed by atoms with Gasteiger partial charge in [0.15, 0.2) is 0 Å². The lowest BCUT2D eigenvalue weighted by atomic mass is 9.81. The Hall–Kier alpha value is -0.740. The summed E-state index contributed by atoms with van der Waals surface area (Å²) in [5.74, 6) is 1.87. The molecular formula is C15H20FNOS. The molecule has 0 aromatic heterocycles. The van der Waals surface area contributed by atoms with Crippen molar-refractivity contribution in [1.29, 1.82) is 0 Å². The first-order valence-electron chi connectivity index (χ1n) is 6.92. The average molecular weight is 281 g/mol. The Morgan fingerprint density at radius 3 is 3.05 bits per heavy atom. The molecule has 1 N–H and O–H groups in total. The predicted molar refractivity (Wildman–Crippen MR) is 77.3 cm³/mol. The van der Waals surface area contributed by atoms with Gasteiger partial charge in [-0.25, -0.2) is 4.39 Å². The van der Waals surface area contributed by atoms with Gasteiger partial charge in [0, 0.05) is 23.3 Å². The van der Waals surface area contributed by atoms with Crippen LogP contribution in [0.5, 0.6) is 5.75 Å². The van der Waals surface area contributed by atoms with Crippen LogP contribution >= 0.6 is 11.8 Å². The van der Waals surface area contributed by atoms with E-state index in [0.717, 1.165) is 24.2 Å². The SMILES string of the molecule is CNC1CC2(CCCSC2C)Oc2ccc(F)cc21. The molecule has 3 rings (SSSR count). The standard InChI is InChI=1S/C15H20FNOS/c1-10-15(6-3-7-19-10)9-13(17-2)12-8-11(16)4-5-14(12)18-15/h4-5,8,10,13,17H,3,6-7,9H2,1-2H3. The molecule has 4 heteroatoms. The summed E-state index contributed by atoms with van der Waals surface area (Å²) in [4.78, 5) is 0. The first-order chi connectivity index (χ1) is 9.14. The van der Waals surface area contributed by atoms with Crippen molar-refractivity contribution >= 4 is 11.8 Å². The monoisotopic (exact) mass is 281 g/mol. The molecule has 2 aliphatic heterocycles. The molecule has 0 amide bonds. The molecule has 2 aliphatic rings. The molecule has 1 spiro atoms. The van der Waals surface area contributed by atoms with Crippen LogP contribution in [0.1, 0.15) is 37.8 Å². The van der Waals surface area contributed by atoms with Crippen molar-refractivity contribution in [3.63, 3.8) is 0 Å². The molecule has 1 aromatic carbocycles. The highest BCUT2D eigenvalue weighted by Gasteiger charge is 2.46. The van der Waals surface area contributed by atoms with Gasteiger partial charge in [-0.05, 0) is 50.8 Å². The van der Waals surface area contributed by atoms with Gasteiger partial charge in [-0.15, -0.1) is 0 Å². The van der Waals surface area contributed by atoms with Crippen molar-refractivity contribution in [3.8, 4) is 5.75 Å². The Bertz CT molecular complexity index is 481. The predicted octanol–water partition coefficient (Wildman–Crippen LogP) is 3.52. The second-order valence-corrected chi connectivity index (χ2v) is 6.96. The molecule has 3 atom stereocenters. The van der Waals surface area contributed by atoms with Crippen LogP contribution in [-0.4, -0.2) is 23.7 Å². The van der Waals surface area contributed by atoms with E-state index < -0.39 is 0 Å². The third kappa shape index (κ3) is 2.25. The van der Waals surface area contributed by atoms with Crippen molar-refractivity contribution in [1.82, 2.24) is 5.32 Å². The van der Waals surface area contributed by atoms with Crippen LogP contribution in [0.2, 0.25) is 0 Å². The van der Waals surface area contributed by atoms with E-state index in [1.54, 1.807) is 12.1 Å². The number of halogens is 1. The van der Waals surface area contributed by atoms with Crippen molar-refractivity contribution in [2.24, 2.45) is 0 Å². The minimum Gasteiger partial charge on any atom is -0.486 e. The van der Waals surface area contributed by atoms with Crippen LogP contribution in [0.4, 0.5) is 4.39 Å². The average Bonchev–Trinajstić information content (AvgIpc) is 2.42. The minimum absolute atomic E-state index is 0.0958. The van der Waals surface area contributed by atoms with Crippen LogP contribution in [0, 0.1) is 5.82 Å². The fourth-order valence-corrected chi connectivity index (χ4v) is 4.48. The number of benzene rings is 1. The molecule has 3 unspecified atom stereocenters. The summed E-state index contributed by atoms with van der Waals surface area (Å²) in [5.41, 5.74) is 0.859. The molecule has 104 valence electrons. The highest BCUT2D eigenvalue weighted by molar-refractivity contribution is 8.00. The smallest absolute Gasteiger partial charge is 0.125 e. The van der Waals surface area contributed by atoms with Gasteiger partial charge < -0.3 is 10.1 Å². The summed E-state index contributed by atoms with van der Waals surface area (Å²) in [7, 11) is 1.94. The lowest BCUT2D eigenvalue weighted by molar-refractivity contribution is 0.0211. The molecule has 0 saturated carbocycles. The number of ether oxygens (including phenoxy) is 1. The topological polar surface area (TPSA) is 21.3 Å². The lowest BCUT2D eigenvalue weighted by Crippen LogP contribution is -2.51. The Balaban J connectivity index is 1.99. The second-order valence-electron chi connectivity index (χ2n) is 5.51. The minimum atomic E-state index is -0.190. The number of rotatable bonds is 1. The van der Waals surface area contributed by atoms with Crippen molar-refractivity contribution in [3.05, 3.63) is 29.6 Å². The van der Waals surface area contributed by atoms with Gasteiger partial charge in [0.2, 0.25) is 0 Å². The zero-order valence-corrected chi connectivity index (χ0v) is 12.2. The van der Waals surface area contributed by atoms with Gasteiger partial charge in [-0.1, -0.05) is 0 Å². The second kappa shape index (κ2) is 4.98. The fourth-order valence-electron chi connectivity index (χ4n) is 3.25. The molecular weight excluding hydrogens is 261 g/mol. The summed E-state index contributed by atoms with van der Waals surface area (Å²) in [6, 6.07) is 5.05. The van der Waals surface area contributed by atoms with Crippen LogP contribution in [-0.2, 0) is 0 Å². The maximum atomic E-state index is 13.4. The Kier molecular flexibility index (Phi) is 3.48. The molecule has 2 nitrogen and oxygen atoms in total. The summed E-state index contributed by atoms with van der Waals surface area (Å²) in [6.45, 7) is 2.26. The van der Waals surface area contributed by atoms with E-state index in [1.807, 2.05) is 18.8 Å². The zero-order valence-electron chi connectivity index (χ0n) is 11.4. The number of hydrogen-bond acceptors (Lipinski definition) is 3. The Morgan fingerprint density at radius 2 is 2.32 bits per heavy atom. The van der Waals surface area contributed by atoms with E-state index in [9.17, 15) is 4.39 Å². The first-order valence-corrected chi connectivity index (χ1v) is 7.97. The molecule has 1 fully saturated rings. The first kappa shape index (κ1) is 13.3. The molecule has 0 bridgehead atoms. The maximum Gasteiger partial charge on any atom is 0.125 e. The van der Waals surface area contributed by atoms with E-state index in [4.69, 9.17) is 4.74 Å². The number of thioether (sulfide) groups is 1. The number of hydrogen-bond donors (Lipinski definition) is 1. The van der Waals surface area contributed by atoms with Crippen LogP contribution in [0.3, 0.4) is 0 Å². The van der Waals surface area contributed by atoms with Crippen molar-refractivity contribution < 1.29 is 9.13 Å². The number of nitrogens with one attached hydrogen (secondary N) is 1. The maximum absolute atomic E-state index is 13.4. The van der Waals surface area contributed by atoms with Crippen molar-refractivity contribution in [2.75, 3.05) is 12.8 Å². The van der Waals surface area contributed by atoms with E-state index >= 15 is 0 Å². The summed E-state index contributed by atoms with van der Waals surface area (Å²) < 4.78 is 19.8. The molecule has 0 radical (unpaired) electrons. The molecule has 1 aromatic rings. The van der Waals surface area contributed by atoms with Gasteiger partial charge in [0.25, 0.3) is 0 Å². The highest BCUT2D eigenvalue weighted by Crippen LogP contribution is 2.48. The van der Waals surface area contributed by atoms with Gasteiger partial charge in [0.1, 0.15) is 17.2 Å². The van der Waals surface area contributed by atoms with Gasteiger partial charge in [-0.2, -0.15) is 11.8 Å². The fraction of sp³-hybridized carbons (Fsp3) is 0.600. The van der Waals surface area contributed by atoms with Crippen LogP contribution in [0.25, 0.3) is 0 Å². The largest absolute Gasteiger partial charge is 0.486 e. The number of fused-ring (bicyclic) bond motifs is 1. The van der Waals surface area contributed by atoms with E-state index in [0.29, 0.717) is 5.25 Å². The highest BCUT2D eigenvalue weighted by atomic mass is 32.2. The summed E-state index contributed by atoms with van der Waals surface area (Å²) in [6.07, 6.45) is 3.21. The van der Waals surface area contributed by atoms with Gasteiger partial charge in [0.05, 0.1) is 0 Å². The van der Waals surface area contributed by atoms with Gasteiger partial charge in [-0.3, -0.25) is 0 Å². The van der Waals surface area contributed by atoms with E-state index in [-0.39, 0.29) is 17.5 Å². The lowest BCUT2D eigenvalue weighted by Gasteiger charge is -2.47. The molecule has 19 heavy (non-hydrogen) atoms. The van der Waals surface area contributed by atoms with E-state index in [2.05, 4.69) is 12.2 Å². The third-order valence-corrected chi connectivity index (χ3v) is 5.87. The molecule has 0 aliphatic carbocycles. The third-order valence-electron chi connectivity index (χ3n) is 4.41. The van der Waals surface area contributed by atoms with Crippen LogP contribution in [0.15, 0.2) is 18.2 Å². The van der Waals surface area contributed by atoms with Crippen molar-refractivity contribution in [2.45, 2.75) is 43.1 Å². The van der Waals surface area contributed by atoms with Crippen LogP contribution < -0.4 is 10.1 Å².